The molecule has 0 bridgehead atoms. The molecule has 4 rings (SSSR count). The van der Waals surface area contributed by atoms with E-state index < -0.39 is 0 Å². The number of ether oxygens (including phenoxy) is 1. The Morgan fingerprint density at radius 1 is 1.03 bits per heavy atom. The third-order valence-electron chi connectivity index (χ3n) is 4.82. The van der Waals surface area contributed by atoms with Gasteiger partial charge in [0, 0.05) is 48.6 Å². The number of aryl methyl sites for hydroxylation is 1. The van der Waals surface area contributed by atoms with Gasteiger partial charge in [0.15, 0.2) is 6.61 Å². The maximum absolute atomic E-state index is 12.1. The first-order valence-electron chi connectivity index (χ1n) is 10.3. The van der Waals surface area contributed by atoms with Gasteiger partial charge in [0.2, 0.25) is 5.95 Å². The zero-order valence-electron chi connectivity index (χ0n) is 17.4. The Morgan fingerprint density at radius 3 is 2.48 bits per heavy atom. The van der Waals surface area contributed by atoms with Gasteiger partial charge in [-0.3, -0.25) is 4.79 Å². The molecule has 9 nitrogen and oxygen atoms in total. The standard InChI is InChI=1S/C22H25N7O2/c1-16-14-19(29-12-3-2-4-13-29)28-21(25-16)27-18-8-6-17(7-9-18)26-20(30)15-31-22-23-10-5-11-24-22/h5-11,14H,2-4,12-13,15H2,1H3,(H,26,30)(H,25,27,28). The Labute approximate surface area is 180 Å². The Bertz CT molecular complexity index is 1010. The van der Waals surface area contributed by atoms with Crippen molar-refractivity contribution < 1.29 is 9.53 Å². The van der Waals surface area contributed by atoms with Crippen molar-refractivity contribution in [1.29, 1.82) is 0 Å². The zero-order valence-corrected chi connectivity index (χ0v) is 17.4. The maximum atomic E-state index is 12.1. The number of rotatable bonds is 7. The van der Waals surface area contributed by atoms with Crippen molar-refractivity contribution >= 4 is 29.0 Å². The fourth-order valence-corrected chi connectivity index (χ4v) is 3.35. The summed E-state index contributed by atoms with van der Waals surface area (Å²) in [6, 6.07) is 11.2. The highest BCUT2D eigenvalue weighted by Crippen LogP contribution is 2.22. The number of aromatic nitrogens is 4. The molecule has 1 aliphatic heterocycles. The summed E-state index contributed by atoms with van der Waals surface area (Å²) in [5, 5.41) is 6.03. The molecule has 0 saturated carbocycles. The van der Waals surface area contributed by atoms with E-state index >= 15 is 0 Å². The van der Waals surface area contributed by atoms with Gasteiger partial charge in [0.1, 0.15) is 5.82 Å². The van der Waals surface area contributed by atoms with E-state index in [0.717, 1.165) is 30.3 Å². The predicted octanol–water partition coefficient (Wildman–Crippen LogP) is 3.33. The summed E-state index contributed by atoms with van der Waals surface area (Å²) in [5.41, 5.74) is 2.42. The summed E-state index contributed by atoms with van der Waals surface area (Å²) < 4.78 is 5.25. The second kappa shape index (κ2) is 9.84. The van der Waals surface area contributed by atoms with Crippen molar-refractivity contribution in [3.05, 3.63) is 54.5 Å². The number of nitrogens with one attached hydrogen (secondary N) is 2. The number of piperidine rings is 1. The van der Waals surface area contributed by atoms with Crippen LogP contribution in [0.3, 0.4) is 0 Å². The van der Waals surface area contributed by atoms with Gasteiger partial charge in [0.25, 0.3) is 5.91 Å². The number of carbonyl (C=O) groups is 1. The normalized spacial score (nSPS) is 13.5. The van der Waals surface area contributed by atoms with Crippen molar-refractivity contribution in [3.8, 4) is 6.01 Å². The third-order valence-corrected chi connectivity index (χ3v) is 4.82. The number of hydrogen-bond donors (Lipinski definition) is 2. The molecule has 0 atom stereocenters. The lowest BCUT2D eigenvalue weighted by Gasteiger charge is -2.28. The fraction of sp³-hybridized carbons (Fsp3) is 0.318. The Kier molecular flexibility index (Phi) is 6.51. The summed E-state index contributed by atoms with van der Waals surface area (Å²) in [4.78, 5) is 31.4. The molecule has 0 unspecified atom stereocenters. The fourth-order valence-electron chi connectivity index (χ4n) is 3.35. The van der Waals surface area contributed by atoms with Crippen molar-refractivity contribution in [2.75, 3.05) is 35.2 Å². The van der Waals surface area contributed by atoms with Crippen LogP contribution in [-0.2, 0) is 4.79 Å². The molecule has 2 aromatic heterocycles. The van der Waals surface area contributed by atoms with Gasteiger partial charge >= 0.3 is 6.01 Å². The molecule has 0 radical (unpaired) electrons. The third kappa shape index (κ3) is 5.88. The molecule has 0 spiro atoms. The van der Waals surface area contributed by atoms with Gasteiger partial charge in [-0.15, -0.1) is 0 Å². The minimum Gasteiger partial charge on any atom is -0.453 e. The van der Waals surface area contributed by atoms with Crippen molar-refractivity contribution in [1.82, 2.24) is 19.9 Å². The average molecular weight is 419 g/mol. The molecule has 0 aliphatic carbocycles. The van der Waals surface area contributed by atoms with Gasteiger partial charge in [0.05, 0.1) is 0 Å². The molecular weight excluding hydrogens is 394 g/mol. The van der Waals surface area contributed by atoms with E-state index in [4.69, 9.17) is 4.74 Å². The molecule has 3 heterocycles. The van der Waals surface area contributed by atoms with Crippen LogP contribution in [0.1, 0.15) is 25.0 Å². The van der Waals surface area contributed by atoms with Gasteiger partial charge in [-0.1, -0.05) is 0 Å². The Morgan fingerprint density at radius 2 is 1.74 bits per heavy atom. The highest BCUT2D eigenvalue weighted by Gasteiger charge is 2.14. The molecule has 1 amide bonds. The van der Waals surface area contributed by atoms with Crippen LogP contribution in [0.4, 0.5) is 23.1 Å². The molecule has 3 aromatic rings. The first kappa shape index (κ1) is 20.5. The van der Waals surface area contributed by atoms with Crippen LogP contribution in [0.2, 0.25) is 0 Å². The number of benzene rings is 1. The van der Waals surface area contributed by atoms with E-state index in [0.29, 0.717) is 11.6 Å². The van der Waals surface area contributed by atoms with Crippen LogP contribution in [-0.4, -0.2) is 45.5 Å². The van der Waals surface area contributed by atoms with Gasteiger partial charge in [-0.25, -0.2) is 15.0 Å². The summed E-state index contributed by atoms with van der Waals surface area (Å²) >= 11 is 0. The molecule has 9 heteroatoms. The minimum atomic E-state index is -0.290. The second-order valence-corrected chi connectivity index (χ2v) is 7.31. The average Bonchev–Trinajstić information content (AvgIpc) is 2.80. The lowest BCUT2D eigenvalue weighted by Crippen LogP contribution is -2.30. The first-order chi connectivity index (χ1) is 15.2. The first-order valence-corrected chi connectivity index (χ1v) is 10.3. The Balaban J connectivity index is 1.34. The van der Waals surface area contributed by atoms with E-state index in [-0.39, 0.29) is 18.5 Å². The van der Waals surface area contributed by atoms with E-state index in [1.807, 2.05) is 25.1 Å². The molecular formula is C22H25N7O2. The summed E-state index contributed by atoms with van der Waals surface area (Å²) in [7, 11) is 0. The number of amides is 1. The van der Waals surface area contributed by atoms with Crippen molar-refractivity contribution in [2.45, 2.75) is 26.2 Å². The van der Waals surface area contributed by atoms with Crippen LogP contribution < -0.4 is 20.3 Å². The second-order valence-electron chi connectivity index (χ2n) is 7.31. The lowest BCUT2D eigenvalue weighted by molar-refractivity contribution is -0.118. The maximum Gasteiger partial charge on any atom is 0.316 e. The van der Waals surface area contributed by atoms with E-state index in [1.165, 1.54) is 19.3 Å². The van der Waals surface area contributed by atoms with Crippen LogP contribution in [0.25, 0.3) is 0 Å². The SMILES string of the molecule is Cc1cc(N2CCCCC2)nc(Nc2ccc(NC(=O)COc3ncccn3)cc2)n1. The Hall–Kier alpha value is -3.75. The summed E-state index contributed by atoms with van der Waals surface area (Å²) in [6.45, 7) is 3.87. The largest absolute Gasteiger partial charge is 0.453 e. The molecule has 1 aliphatic rings. The van der Waals surface area contributed by atoms with E-state index in [2.05, 4.69) is 35.5 Å². The molecule has 1 aromatic carbocycles. The van der Waals surface area contributed by atoms with Crippen molar-refractivity contribution in [3.63, 3.8) is 0 Å². The number of hydrogen-bond acceptors (Lipinski definition) is 8. The minimum absolute atomic E-state index is 0.166. The predicted molar refractivity (Wildman–Crippen MR) is 119 cm³/mol. The van der Waals surface area contributed by atoms with Crippen LogP contribution in [0.15, 0.2) is 48.8 Å². The van der Waals surface area contributed by atoms with Gasteiger partial charge in [-0.05, 0) is 56.5 Å². The van der Waals surface area contributed by atoms with E-state index in [9.17, 15) is 4.79 Å². The highest BCUT2D eigenvalue weighted by atomic mass is 16.5. The van der Waals surface area contributed by atoms with Gasteiger partial charge in [-0.2, -0.15) is 4.98 Å². The van der Waals surface area contributed by atoms with Gasteiger partial charge < -0.3 is 20.3 Å². The quantitative estimate of drug-likeness (QED) is 0.601. The lowest BCUT2D eigenvalue weighted by atomic mass is 10.1. The van der Waals surface area contributed by atoms with Crippen LogP contribution >= 0.6 is 0 Å². The highest BCUT2D eigenvalue weighted by molar-refractivity contribution is 5.92. The molecule has 2 N–H and O–H groups in total. The summed E-state index contributed by atoms with van der Waals surface area (Å²) in [5.74, 6) is 1.23. The number of anilines is 4. The number of nitrogens with zero attached hydrogens (tertiary/aromatic N) is 5. The van der Waals surface area contributed by atoms with Crippen molar-refractivity contribution in [2.24, 2.45) is 0 Å². The summed E-state index contributed by atoms with van der Waals surface area (Å²) in [6.07, 6.45) is 6.78. The van der Waals surface area contributed by atoms with Crippen LogP contribution in [0.5, 0.6) is 6.01 Å². The topological polar surface area (TPSA) is 105 Å². The smallest absolute Gasteiger partial charge is 0.316 e. The monoisotopic (exact) mass is 419 g/mol. The zero-order chi connectivity index (χ0) is 21.5. The van der Waals surface area contributed by atoms with Crippen LogP contribution in [0, 0.1) is 6.92 Å². The molecule has 1 fully saturated rings. The van der Waals surface area contributed by atoms with E-state index in [1.54, 1.807) is 30.6 Å². The molecule has 160 valence electrons. The number of carbonyl (C=O) groups excluding carboxylic acids is 1. The molecule has 31 heavy (non-hydrogen) atoms. The molecule has 1 saturated heterocycles.